The summed E-state index contributed by atoms with van der Waals surface area (Å²) in [6.45, 7) is 4.31. The first-order chi connectivity index (χ1) is 27.1. The topological polar surface area (TPSA) is 154 Å². The van der Waals surface area contributed by atoms with Crippen LogP contribution in [0.2, 0.25) is 0 Å². The molecule has 1 atom stereocenters. The van der Waals surface area contributed by atoms with E-state index >= 15 is 4.79 Å². The molecule has 0 aliphatic carbocycles. The van der Waals surface area contributed by atoms with Crippen LogP contribution in [0.5, 0.6) is 0 Å². The maximum Gasteiger partial charge on any atom is 0.359 e. The summed E-state index contributed by atoms with van der Waals surface area (Å²) >= 11 is 0. The van der Waals surface area contributed by atoms with Crippen LogP contribution in [0.15, 0.2) is 120 Å². The Hall–Kier alpha value is -6.11. The molecule has 0 spiro atoms. The van der Waals surface area contributed by atoms with Crippen LogP contribution in [0.1, 0.15) is 74.7 Å². The third kappa shape index (κ3) is 7.58. The molecule has 2 heterocycles. The number of unbranched alkanes of at least 4 members (excludes halogenated alkanes) is 1. The molecule has 56 heavy (non-hydrogen) atoms. The largest absolute Gasteiger partial charge is 0.461 e. The van der Waals surface area contributed by atoms with Gasteiger partial charge in [0.25, 0.3) is 21.8 Å². The van der Waals surface area contributed by atoms with Crippen LogP contribution in [0.4, 0.5) is 0 Å². The molecule has 1 aliphatic heterocycles. The third-order valence-electron chi connectivity index (χ3n) is 10.1. The van der Waals surface area contributed by atoms with E-state index in [1.807, 2.05) is 66.7 Å². The number of ether oxygens (including phenoxy) is 1. The van der Waals surface area contributed by atoms with Gasteiger partial charge in [0.1, 0.15) is 0 Å². The number of hydrogen-bond acceptors (Lipinski definition) is 8. The molecule has 0 saturated carbocycles. The van der Waals surface area contributed by atoms with E-state index < -0.39 is 27.8 Å². The minimum absolute atomic E-state index is 0.0197. The number of carbonyl (C=O) groups is 3. The van der Waals surface area contributed by atoms with E-state index in [-0.39, 0.29) is 47.5 Å². The SMILES string of the molecule is CCCCc1c(-c2ccc(C(=O)NS(=O)(=O)c3ccc4ccccc4c3)cc2C(=O)N2Cc3ccccc3C[C@H]2CN)c(C(=O)OCC)nn1-c1ccccc1. The summed E-state index contributed by atoms with van der Waals surface area (Å²) in [5, 5.41) is 6.35. The lowest BCUT2D eigenvalue weighted by Crippen LogP contribution is -2.48. The second-order valence-electron chi connectivity index (χ2n) is 13.7. The van der Waals surface area contributed by atoms with E-state index in [1.165, 1.54) is 24.3 Å². The molecule has 7 rings (SSSR count). The highest BCUT2D eigenvalue weighted by atomic mass is 32.2. The van der Waals surface area contributed by atoms with Gasteiger partial charge in [0, 0.05) is 35.8 Å². The number of rotatable bonds is 12. The Morgan fingerprint density at radius 1 is 0.857 bits per heavy atom. The predicted octanol–water partition coefficient (Wildman–Crippen LogP) is 6.86. The van der Waals surface area contributed by atoms with Gasteiger partial charge in [-0.2, -0.15) is 5.10 Å². The molecule has 11 nitrogen and oxygen atoms in total. The standard InChI is InChI=1S/C44H43N5O6S/c1-3-5-19-39-40(41(44(52)55-4-2)46-49(39)34-17-7-6-8-18-34)37-23-21-32(42(50)47-56(53,54)36-22-20-29-13-9-10-15-31(29)25-36)26-38(37)43(51)48-28-33-16-12-11-14-30(33)24-35(48)27-45/h6-18,20-23,25-26,35H,3-5,19,24,27-28,45H2,1-2H3,(H,47,50)/t35-/m0/s1. The van der Waals surface area contributed by atoms with Crippen LogP contribution in [0.3, 0.4) is 0 Å². The van der Waals surface area contributed by atoms with E-state index in [4.69, 9.17) is 15.6 Å². The zero-order valence-electron chi connectivity index (χ0n) is 31.3. The monoisotopic (exact) mass is 769 g/mol. The molecule has 6 aromatic rings. The molecule has 286 valence electrons. The van der Waals surface area contributed by atoms with Crippen molar-refractivity contribution in [2.24, 2.45) is 5.73 Å². The molecule has 0 radical (unpaired) electrons. The maximum atomic E-state index is 15.1. The Balaban J connectivity index is 1.39. The molecule has 3 N–H and O–H groups in total. The van der Waals surface area contributed by atoms with Gasteiger partial charge < -0.3 is 15.4 Å². The minimum atomic E-state index is -4.32. The number of aromatic nitrogens is 2. The summed E-state index contributed by atoms with van der Waals surface area (Å²) in [4.78, 5) is 44.3. The maximum absolute atomic E-state index is 15.1. The third-order valence-corrected chi connectivity index (χ3v) is 11.5. The van der Waals surface area contributed by atoms with Gasteiger partial charge in [-0.1, -0.05) is 92.2 Å². The molecule has 2 amide bonds. The molecule has 0 bridgehead atoms. The van der Waals surface area contributed by atoms with E-state index in [2.05, 4.69) is 11.6 Å². The zero-order valence-corrected chi connectivity index (χ0v) is 32.1. The van der Waals surface area contributed by atoms with E-state index in [1.54, 1.807) is 40.8 Å². The quantitative estimate of drug-likeness (QED) is 0.128. The number of fused-ring (bicyclic) bond motifs is 2. The first-order valence-corrected chi connectivity index (χ1v) is 20.2. The van der Waals surface area contributed by atoms with Crippen molar-refractivity contribution >= 4 is 38.6 Å². The van der Waals surface area contributed by atoms with Gasteiger partial charge in [-0.15, -0.1) is 0 Å². The van der Waals surface area contributed by atoms with Gasteiger partial charge >= 0.3 is 5.97 Å². The molecule has 0 saturated heterocycles. The highest BCUT2D eigenvalue weighted by molar-refractivity contribution is 7.90. The van der Waals surface area contributed by atoms with Crippen LogP contribution in [-0.2, 0) is 34.1 Å². The van der Waals surface area contributed by atoms with Crippen LogP contribution < -0.4 is 10.5 Å². The average molecular weight is 770 g/mol. The normalized spacial score (nSPS) is 14.0. The van der Waals surface area contributed by atoms with Crippen molar-refractivity contribution in [2.45, 2.75) is 57.0 Å². The number of nitrogens with one attached hydrogen (secondary N) is 1. The summed E-state index contributed by atoms with van der Waals surface area (Å²) in [6.07, 6.45) is 2.63. The number of esters is 1. The Bertz CT molecular complexity index is 2550. The number of carbonyl (C=O) groups excluding carboxylic acids is 3. The van der Waals surface area contributed by atoms with Gasteiger partial charge in [0.05, 0.1) is 22.9 Å². The van der Waals surface area contributed by atoms with Gasteiger partial charge in [0.15, 0.2) is 5.69 Å². The Morgan fingerprint density at radius 3 is 2.30 bits per heavy atom. The number of sulfonamides is 1. The number of amides is 2. The van der Waals surface area contributed by atoms with Crippen LogP contribution in [-0.4, -0.2) is 60.1 Å². The summed E-state index contributed by atoms with van der Waals surface area (Å²) in [7, 11) is -4.32. The predicted molar refractivity (Wildman–Crippen MR) is 215 cm³/mol. The lowest BCUT2D eigenvalue weighted by Gasteiger charge is -2.37. The fourth-order valence-electron chi connectivity index (χ4n) is 7.28. The molecule has 5 aromatic carbocycles. The smallest absolute Gasteiger partial charge is 0.359 e. The van der Waals surface area contributed by atoms with Crippen molar-refractivity contribution < 1.29 is 27.5 Å². The van der Waals surface area contributed by atoms with E-state index in [0.717, 1.165) is 29.4 Å². The number of benzene rings is 5. The lowest BCUT2D eigenvalue weighted by molar-refractivity contribution is 0.0518. The Labute approximate surface area is 326 Å². The van der Waals surface area contributed by atoms with Crippen molar-refractivity contribution in [3.8, 4) is 16.8 Å². The average Bonchev–Trinajstić information content (AvgIpc) is 3.61. The first kappa shape index (κ1) is 38.2. The second kappa shape index (κ2) is 16.3. The summed E-state index contributed by atoms with van der Waals surface area (Å²) in [5.41, 5.74) is 10.6. The fourth-order valence-corrected chi connectivity index (χ4v) is 8.29. The number of hydrogen-bond donors (Lipinski definition) is 2. The number of nitrogens with zero attached hydrogens (tertiary/aromatic N) is 3. The van der Waals surface area contributed by atoms with Gasteiger partial charge in [-0.25, -0.2) is 22.6 Å². The van der Waals surface area contributed by atoms with Crippen molar-refractivity contribution in [3.05, 3.63) is 149 Å². The van der Waals surface area contributed by atoms with Crippen molar-refractivity contribution in [1.29, 1.82) is 0 Å². The van der Waals surface area contributed by atoms with Gasteiger partial charge in [-0.3, -0.25) is 9.59 Å². The van der Waals surface area contributed by atoms with E-state index in [9.17, 15) is 18.0 Å². The summed E-state index contributed by atoms with van der Waals surface area (Å²) in [6, 6.07) is 33.3. The molecule has 1 aliphatic rings. The summed E-state index contributed by atoms with van der Waals surface area (Å²) in [5.74, 6) is -2.01. The Morgan fingerprint density at radius 2 is 1.57 bits per heavy atom. The number of para-hydroxylation sites is 1. The van der Waals surface area contributed by atoms with Crippen molar-refractivity contribution in [2.75, 3.05) is 13.2 Å². The van der Waals surface area contributed by atoms with Crippen LogP contribution in [0.25, 0.3) is 27.6 Å². The first-order valence-electron chi connectivity index (χ1n) is 18.8. The van der Waals surface area contributed by atoms with Gasteiger partial charge in [-0.05, 0) is 90.0 Å². The fraction of sp³-hybridized carbons (Fsp3) is 0.227. The number of nitrogens with two attached hydrogens (primary N) is 1. The van der Waals surface area contributed by atoms with Gasteiger partial charge in [0.2, 0.25) is 0 Å². The van der Waals surface area contributed by atoms with Crippen molar-refractivity contribution in [3.63, 3.8) is 0 Å². The van der Waals surface area contributed by atoms with Crippen LogP contribution >= 0.6 is 0 Å². The Kier molecular flexibility index (Phi) is 11.1. The zero-order chi connectivity index (χ0) is 39.4. The highest BCUT2D eigenvalue weighted by Crippen LogP contribution is 2.36. The molecule has 0 fully saturated rings. The second-order valence-corrected chi connectivity index (χ2v) is 15.4. The lowest BCUT2D eigenvalue weighted by atomic mass is 9.90. The minimum Gasteiger partial charge on any atom is -0.461 e. The molecule has 1 aromatic heterocycles. The van der Waals surface area contributed by atoms with Crippen molar-refractivity contribution in [1.82, 2.24) is 19.4 Å². The molecule has 0 unspecified atom stereocenters. The molecular formula is C44H43N5O6S. The van der Waals surface area contributed by atoms with Crippen LogP contribution in [0, 0.1) is 0 Å². The highest BCUT2D eigenvalue weighted by Gasteiger charge is 2.34. The molecule has 12 heteroatoms. The van der Waals surface area contributed by atoms with E-state index in [0.29, 0.717) is 40.7 Å². The molecular weight excluding hydrogens is 727 g/mol. The summed E-state index contributed by atoms with van der Waals surface area (Å²) < 4.78 is 36.6.